The zero-order valence-corrected chi connectivity index (χ0v) is 9.56. The number of hydrogen-bond donors (Lipinski definition) is 0. The van der Waals surface area contributed by atoms with Crippen LogP contribution in [-0.4, -0.2) is 22.2 Å². The van der Waals surface area contributed by atoms with Crippen LogP contribution in [0.1, 0.15) is 11.6 Å². The Bertz CT molecular complexity index is 575. The Morgan fingerprint density at radius 3 is 2.83 bits per heavy atom. The van der Waals surface area contributed by atoms with Crippen molar-refractivity contribution in [2.24, 2.45) is 4.99 Å². The lowest BCUT2D eigenvalue weighted by atomic mass is 10.1. The first-order valence-electron chi connectivity index (χ1n) is 5.69. The molecule has 3 rings (SSSR count). The predicted molar refractivity (Wildman–Crippen MR) is 67.5 cm³/mol. The van der Waals surface area contributed by atoms with Crippen LogP contribution in [0, 0.1) is 10.1 Å². The summed E-state index contributed by atoms with van der Waals surface area (Å²) in [5, 5.41) is 10.9. The number of hydrogen-bond acceptors (Lipinski definition) is 4. The molecule has 0 amide bonds. The highest BCUT2D eigenvalue weighted by Gasteiger charge is 2.36. The van der Waals surface area contributed by atoms with Crippen LogP contribution in [-0.2, 0) is 0 Å². The van der Waals surface area contributed by atoms with Crippen LogP contribution in [0.25, 0.3) is 0 Å². The molecule has 0 aromatic heterocycles. The molecule has 0 saturated carbocycles. The number of nitrogens with zero attached hydrogens (tertiary/aromatic N) is 3. The maximum Gasteiger partial charge on any atom is 0.324 e. The van der Waals surface area contributed by atoms with Crippen molar-refractivity contribution >= 4 is 5.84 Å². The first-order valence-corrected chi connectivity index (χ1v) is 5.69. The fourth-order valence-electron chi connectivity index (χ4n) is 2.21. The molecular weight excluding hydrogens is 230 g/mol. The van der Waals surface area contributed by atoms with Crippen molar-refractivity contribution < 1.29 is 4.92 Å². The van der Waals surface area contributed by atoms with E-state index in [0.29, 0.717) is 12.4 Å². The van der Waals surface area contributed by atoms with Gasteiger partial charge in [0.15, 0.2) is 0 Å². The van der Waals surface area contributed by atoms with Gasteiger partial charge in [-0.25, -0.2) is 9.89 Å². The molecule has 90 valence electrons. The Hall–Kier alpha value is -2.43. The zero-order valence-electron chi connectivity index (χ0n) is 9.56. The molecule has 1 aromatic rings. The quantitative estimate of drug-likeness (QED) is 0.588. The molecule has 2 aliphatic heterocycles. The summed E-state index contributed by atoms with van der Waals surface area (Å²) in [7, 11) is 0. The van der Waals surface area contributed by atoms with Gasteiger partial charge in [0, 0.05) is 12.2 Å². The molecular formula is C13H11N3O2. The van der Waals surface area contributed by atoms with Crippen LogP contribution in [0.3, 0.4) is 0 Å². The van der Waals surface area contributed by atoms with Crippen LogP contribution < -0.4 is 0 Å². The number of allylic oxidation sites excluding steroid dienone is 2. The van der Waals surface area contributed by atoms with Gasteiger partial charge in [-0.2, -0.15) is 0 Å². The third-order valence-corrected chi connectivity index (χ3v) is 3.06. The molecule has 0 fully saturated rings. The third kappa shape index (κ3) is 1.69. The topological polar surface area (TPSA) is 58.7 Å². The molecule has 0 aliphatic carbocycles. The van der Waals surface area contributed by atoms with Crippen LogP contribution in [0.4, 0.5) is 0 Å². The van der Waals surface area contributed by atoms with Crippen molar-refractivity contribution in [1.82, 2.24) is 4.90 Å². The number of benzene rings is 1. The van der Waals surface area contributed by atoms with E-state index in [1.54, 1.807) is 17.1 Å². The molecule has 18 heavy (non-hydrogen) atoms. The van der Waals surface area contributed by atoms with Crippen molar-refractivity contribution in [3.05, 3.63) is 70.1 Å². The standard InChI is InChI=1S/C13H11N3O2/c17-16(18)13-8-4-7-12-14-11(9-15(12)13)10-5-2-1-3-6-10/h1-8,11H,9H2. The number of nitro groups is 1. The second-order valence-corrected chi connectivity index (χ2v) is 4.17. The Balaban J connectivity index is 1.91. The smallest absolute Gasteiger partial charge is 0.324 e. The van der Waals surface area contributed by atoms with E-state index in [1.807, 2.05) is 30.3 Å². The highest BCUT2D eigenvalue weighted by atomic mass is 16.6. The maximum absolute atomic E-state index is 10.9. The number of rotatable bonds is 2. The molecule has 2 heterocycles. The van der Waals surface area contributed by atoms with Gasteiger partial charge in [-0.05, 0) is 16.6 Å². The summed E-state index contributed by atoms with van der Waals surface area (Å²) >= 11 is 0. The van der Waals surface area contributed by atoms with Crippen LogP contribution >= 0.6 is 0 Å². The largest absolute Gasteiger partial charge is 0.358 e. The average Bonchev–Trinajstić information content (AvgIpc) is 2.83. The van der Waals surface area contributed by atoms with Crippen LogP contribution in [0.15, 0.2) is 59.4 Å². The maximum atomic E-state index is 10.9. The molecule has 0 N–H and O–H groups in total. The molecule has 5 nitrogen and oxygen atoms in total. The van der Waals surface area contributed by atoms with Gasteiger partial charge in [0.1, 0.15) is 12.6 Å². The van der Waals surface area contributed by atoms with Crippen molar-refractivity contribution in [2.75, 3.05) is 6.54 Å². The molecule has 0 radical (unpaired) electrons. The Morgan fingerprint density at radius 2 is 2.11 bits per heavy atom. The van der Waals surface area contributed by atoms with E-state index in [2.05, 4.69) is 4.99 Å². The van der Waals surface area contributed by atoms with Gasteiger partial charge in [-0.3, -0.25) is 0 Å². The van der Waals surface area contributed by atoms with E-state index >= 15 is 0 Å². The van der Waals surface area contributed by atoms with Crippen LogP contribution in [0.5, 0.6) is 0 Å². The molecule has 0 bridgehead atoms. The number of fused-ring (bicyclic) bond motifs is 1. The van der Waals surface area contributed by atoms with Gasteiger partial charge in [-0.1, -0.05) is 30.3 Å². The van der Waals surface area contributed by atoms with Gasteiger partial charge in [0.2, 0.25) is 5.84 Å². The van der Waals surface area contributed by atoms with Crippen molar-refractivity contribution in [3.8, 4) is 0 Å². The van der Waals surface area contributed by atoms with E-state index < -0.39 is 0 Å². The highest BCUT2D eigenvalue weighted by molar-refractivity contribution is 5.96. The fraction of sp³-hybridized carbons (Fsp3) is 0.154. The van der Waals surface area contributed by atoms with E-state index in [9.17, 15) is 10.1 Å². The van der Waals surface area contributed by atoms with Crippen molar-refractivity contribution in [2.45, 2.75) is 6.04 Å². The van der Waals surface area contributed by atoms with E-state index in [-0.39, 0.29) is 16.8 Å². The lowest BCUT2D eigenvalue weighted by molar-refractivity contribution is -0.441. The van der Waals surface area contributed by atoms with Gasteiger partial charge in [0.05, 0.1) is 0 Å². The first-order chi connectivity index (χ1) is 8.75. The summed E-state index contributed by atoms with van der Waals surface area (Å²) in [4.78, 5) is 16.8. The summed E-state index contributed by atoms with van der Waals surface area (Å²) in [6.07, 6.45) is 4.98. The van der Waals surface area contributed by atoms with E-state index in [0.717, 1.165) is 5.56 Å². The number of amidine groups is 1. The summed E-state index contributed by atoms with van der Waals surface area (Å²) < 4.78 is 0. The molecule has 1 aromatic carbocycles. The van der Waals surface area contributed by atoms with Gasteiger partial charge < -0.3 is 10.1 Å². The second kappa shape index (κ2) is 4.10. The van der Waals surface area contributed by atoms with E-state index in [4.69, 9.17) is 0 Å². The summed E-state index contributed by atoms with van der Waals surface area (Å²) in [6, 6.07) is 9.80. The minimum atomic E-state index is -0.369. The molecule has 0 saturated heterocycles. The summed E-state index contributed by atoms with van der Waals surface area (Å²) in [5.41, 5.74) is 1.08. The molecule has 5 heteroatoms. The third-order valence-electron chi connectivity index (χ3n) is 3.06. The minimum Gasteiger partial charge on any atom is -0.358 e. The Kier molecular flexibility index (Phi) is 2.44. The Morgan fingerprint density at radius 1 is 1.33 bits per heavy atom. The lowest BCUT2D eigenvalue weighted by Crippen LogP contribution is -2.31. The zero-order chi connectivity index (χ0) is 12.5. The average molecular weight is 241 g/mol. The normalized spacial score (nSPS) is 21.3. The van der Waals surface area contributed by atoms with E-state index in [1.165, 1.54) is 6.08 Å². The minimum absolute atomic E-state index is 0.0349. The van der Waals surface area contributed by atoms with Crippen LogP contribution in [0.2, 0.25) is 0 Å². The molecule has 1 unspecified atom stereocenters. The molecule has 1 atom stereocenters. The monoisotopic (exact) mass is 241 g/mol. The van der Waals surface area contributed by atoms with Crippen molar-refractivity contribution in [3.63, 3.8) is 0 Å². The molecule has 0 spiro atoms. The first kappa shape index (κ1) is 10.7. The van der Waals surface area contributed by atoms with Gasteiger partial charge in [-0.15, -0.1) is 0 Å². The Labute approximate surface area is 104 Å². The molecule has 2 aliphatic rings. The second-order valence-electron chi connectivity index (χ2n) is 4.17. The summed E-state index contributed by atoms with van der Waals surface area (Å²) in [5.74, 6) is 0.757. The van der Waals surface area contributed by atoms with Crippen molar-refractivity contribution in [1.29, 1.82) is 0 Å². The number of aliphatic imine (C=N–C) groups is 1. The van der Waals surface area contributed by atoms with Gasteiger partial charge in [0.25, 0.3) is 0 Å². The van der Waals surface area contributed by atoms with Gasteiger partial charge >= 0.3 is 5.82 Å². The summed E-state index contributed by atoms with van der Waals surface area (Å²) in [6.45, 7) is 0.524. The lowest BCUT2D eigenvalue weighted by Gasteiger charge is -2.15. The SMILES string of the molecule is O=[N+]([O-])C1=CC=CC2=NC(c3ccccc3)CN12. The highest BCUT2D eigenvalue weighted by Crippen LogP contribution is 2.29. The fourth-order valence-corrected chi connectivity index (χ4v) is 2.21. The predicted octanol–water partition coefficient (Wildman–Crippen LogP) is 2.13.